The van der Waals surface area contributed by atoms with Gasteiger partial charge in [0.15, 0.2) is 0 Å². The molecule has 1 heterocycles. The first kappa shape index (κ1) is 17.0. The van der Waals surface area contributed by atoms with Crippen LogP contribution in [0.2, 0.25) is 5.02 Å². The molecule has 0 aromatic heterocycles. The molecule has 0 radical (unpaired) electrons. The summed E-state index contributed by atoms with van der Waals surface area (Å²) in [5.74, 6) is 0.343. The van der Waals surface area contributed by atoms with Gasteiger partial charge in [0.2, 0.25) is 10.0 Å². The maximum Gasteiger partial charge on any atom is 0.241 e. The van der Waals surface area contributed by atoms with Crippen LogP contribution in [0.1, 0.15) is 13.3 Å². The zero-order valence-electron chi connectivity index (χ0n) is 11.8. The van der Waals surface area contributed by atoms with Crippen LogP contribution in [0.25, 0.3) is 0 Å². The number of nitrogen functional groups attached to an aromatic ring is 1. The first-order valence-electron chi connectivity index (χ1n) is 6.80. The van der Waals surface area contributed by atoms with E-state index in [4.69, 9.17) is 17.3 Å². The number of nitrogens with one attached hydrogen (secondary N) is 1. The van der Waals surface area contributed by atoms with Crippen LogP contribution in [-0.4, -0.2) is 39.5 Å². The Bertz CT molecular complexity index is 624. The summed E-state index contributed by atoms with van der Waals surface area (Å²) >= 11 is 9.11. The number of benzene rings is 1. The highest BCUT2D eigenvalue weighted by Gasteiger charge is 2.25. The lowest BCUT2D eigenvalue weighted by atomic mass is 10.1. The molecule has 0 amide bonds. The molecule has 2 rings (SSSR count). The summed E-state index contributed by atoms with van der Waals surface area (Å²) in [5, 5.41) is 0.300. The molecule has 21 heavy (non-hydrogen) atoms. The van der Waals surface area contributed by atoms with Gasteiger partial charge in [-0.25, -0.2) is 13.1 Å². The predicted octanol–water partition coefficient (Wildman–Crippen LogP) is 2.30. The van der Waals surface area contributed by atoms with Crippen molar-refractivity contribution >= 4 is 43.2 Å². The Labute approximate surface area is 139 Å². The number of hydrogen-bond donors (Lipinski definition) is 2. The van der Waals surface area contributed by atoms with Crippen LogP contribution in [-0.2, 0) is 10.0 Å². The largest absolute Gasteiger partial charge is 0.398 e. The molecule has 0 saturated carbocycles. The normalized spacial score (nSPS) is 20.0. The monoisotopic (exact) mass is 395 g/mol. The summed E-state index contributed by atoms with van der Waals surface area (Å²) < 4.78 is 27.8. The van der Waals surface area contributed by atoms with Gasteiger partial charge in [0.1, 0.15) is 0 Å². The number of hydrogen-bond acceptors (Lipinski definition) is 4. The molecule has 5 nitrogen and oxygen atoms in total. The van der Waals surface area contributed by atoms with Gasteiger partial charge in [0.05, 0.1) is 9.37 Å². The Kier molecular flexibility index (Phi) is 5.54. The molecule has 1 aromatic carbocycles. The van der Waals surface area contributed by atoms with Crippen LogP contribution >= 0.6 is 27.5 Å². The number of nitrogens with zero attached hydrogens (tertiary/aromatic N) is 1. The third kappa shape index (κ3) is 4.10. The molecule has 1 saturated heterocycles. The van der Waals surface area contributed by atoms with Crippen molar-refractivity contribution in [3.05, 3.63) is 21.6 Å². The number of nitrogens with two attached hydrogens (primary N) is 1. The van der Waals surface area contributed by atoms with Gasteiger partial charge in [-0.1, -0.05) is 18.5 Å². The molecule has 1 aromatic rings. The topological polar surface area (TPSA) is 75.4 Å². The molecular weight excluding hydrogens is 378 g/mol. The molecule has 1 fully saturated rings. The maximum absolute atomic E-state index is 12.4. The number of halogens is 2. The molecule has 1 unspecified atom stereocenters. The molecule has 3 N–H and O–H groups in total. The van der Waals surface area contributed by atoms with Crippen molar-refractivity contribution in [2.24, 2.45) is 5.92 Å². The molecule has 118 valence electrons. The molecule has 0 bridgehead atoms. The van der Waals surface area contributed by atoms with E-state index in [9.17, 15) is 8.42 Å². The maximum atomic E-state index is 12.4. The van der Waals surface area contributed by atoms with Crippen LogP contribution in [0, 0.1) is 5.92 Å². The third-order valence-corrected chi connectivity index (χ3v) is 6.51. The molecule has 1 atom stereocenters. The number of sulfonamides is 1. The molecule has 0 spiro atoms. The average Bonchev–Trinajstić information content (AvgIpc) is 2.88. The zero-order valence-corrected chi connectivity index (χ0v) is 14.9. The van der Waals surface area contributed by atoms with Crippen LogP contribution < -0.4 is 10.5 Å². The van der Waals surface area contributed by atoms with Crippen LogP contribution in [0.4, 0.5) is 5.69 Å². The second kappa shape index (κ2) is 6.83. The quantitative estimate of drug-likeness (QED) is 0.749. The minimum Gasteiger partial charge on any atom is -0.398 e. The van der Waals surface area contributed by atoms with Crippen molar-refractivity contribution in [3.8, 4) is 0 Å². The second-order valence-corrected chi connectivity index (χ2v) is 8.17. The predicted molar refractivity (Wildman–Crippen MR) is 89.0 cm³/mol. The fourth-order valence-corrected chi connectivity index (χ4v) is 4.86. The lowest BCUT2D eigenvalue weighted by Crippen LogP contribution is -2.31. The lowest BCUT2D eigenvalue weighted by molar-refractivity contribution is 0.342. The van der Waals surface area contributed by atoms with Gasteiger partial charge < -0.3 is 10.6 Å². The highest BCUT2D eigenvalue weighted by molar-refractivity contribution is 9.10. The minimum atomic E-state index is -3.63. The lowest BCUT2D eigenvalue weighted by Gasteiger charge is -2.15. The van der Waals surface area contributed by atoms with E-state index in [1.54, 1.807) is 0 Å². The minimum absolute atomic E-state index is 0.0813. The van der Waals surface area contributed by atoms with Crippen LogP contribution in [0.15, 0.2) is 21.5 Å². The molecule has 1 aliphatic heterocycles. The zero-order chi connectivity index (χ0) is 15.6. The van der Waals surface area contributed by atoms with E-state index < -0.39 is 10.0 Å². The van der Waals surface area contributed by atoms with E-state index in [2.05, 4.69) is 32.5 Å². The standard InChI is InChI=1S/C13H19BrClN3O2S/c1-2-18-4-3-9(8-18)7-17-21(19,20)12-6-10(15)5-11(16)13(12)14/h5-6,9,17H,2-4,7-8,16H2,1H3. The Morgan fingerprint density at radius 2 is 2.24 bits per heavy atom. The Morgan fingerprint density at radius 1 is 1.52 bits per heavy atom. The van der Waals surface area contributed by atoms with Crippen molar-refractivity contribution in [2.75, 3.05) is 31.9 Å². The highest BCUT2D eigenvalue weighted by Crippen LogP contribution is 2.31. The first-order chi connectivity index (χ1) is 9.83. The fraction of sp³-hybridized carbons (Fsp3) is 0.538. The summed E-state index contributed by atoms with van der Waals surface area (Å²) in [6, 6.07) is 2.91. The molecule has 0 aliphatic carbocycles. The van der Waals surface area contributed by atoms with Crippen molar-refractivity contribution in [3.63, 3.8) is 0 Å². The van der Waals surface area contributed by atoms with Crippen molar-refractivity contribution < 1.29 is 8.42 Å². The number of anilines is 1. The number of likely N-dealkylation sites (tertiary alicyclic amines) is 1. The van der Waals surface area contributed by atoms with E-state index in [1.165, 1.54) is 12.1 Å². The van der Waals surface area contributed by atoms with Gasteiger partial charge in [-0.2, -0.15) is 0 Å². The fourth-order valence-electron chi connectivity index (χ4n) is 2.45. The summed E-state index contributed by atoms with van der Waals surface area (Å²) in [7, 11) is -3.63. The van der Waals surface area contributed by atoms with E-state index >= 15 is 0 Å². The van der Waals surface area contributed by atoms with E-state index in [0.29, 0.717) is 27.6 Å². The Morgan fingerprint density at radius 3 is 2.86 bits per heavy atom. The Hall–Kier alpha value is -0.340. The summed E-state index contributed by atoms with van der Waals surface area (Å²) in [6.07, 6.45) is 1.01. The van der Waals surface area contributed by atoms with Crippen molar-refractivity contribution in [1.82, 2.24) is 9.62 Å². The SMILES string of the molecule is CCN1CCC(CNS(=O)(=O)c2cc(Cl)cc(N)c2Br)C1. The number of rotatable bonds is 5. The van der Waals surface area contributed by atoms with Gasteiger partial charge in [0.25, 0.3) is 0 Å². The van der Waals surface area contributed by atoms with Gasteiger partial charge >= 0.3 is 0 Å². The summed E-state index contributed by atoms with van der Waals surface area (Å²) in [4.78, 5) is 2.39. The highest BCUT2D eigenvalue weighted by atomic mass is 79.9. The van der Waals surface area contributed by atoms with Crippen LogP contribution in [0.5, 0.6) is 0 Å². The second-order valence-electron chi connectivity index (χ2n) is 5.21. The first-order valence-corrected chi connectivity index (χ1v) is 9.45. The van der Waals surface area contributed by atoms with Crippen LogP contribution in [0.3, 0.4) is 0 Å². The van der Waals surface area contributed by atoms with Crippen molar-refractivity contribution in [2.45, 2.75) is 18.2 Å². The van der Waals surface area contributed by atoms with Gasteiger partial charge in [-0.15, -0.1) is 0 Å². The van der Waals surface area contributed by atoms with Gasteiger partial charge in [0, 0.05) is 23.8 Å². The van der Waals surface area contributed by atoms with E-state index in [0.717, 1.165) is 26.1 Å². The van der Waals surface area contributed by atoms with Gasteiger partial charge in [-0.3, -0.25) is 0 Å². The molecule has 1 aliphatic rings. The Balaban J connectivity index is 2.09. The molecular formula is C13H19BrClN3O2S. The third-order valence-electron chi connectivity index (χ3n) is 3.70. The van der Waals surface area contributed by atoms with Gasteiger partial charge in [-0.05, 0) is 53.5 Å². The summed E-state index contributed by atoms with van der Waals surface area (Å²) in [6.45, 7) is 5.49. The van der Waals surface area contributed by atoms with E-state index in [1.807, 2.05) is 0 Å². The average molecular weight is 397 g/mol. The molecule has 8 heteroatoms. The smallest absolute Gasteiger partial charge is 0.241 e. The summed E-state index contributed by atoms with van der Waals surface area (Å²) in [5.41, 5.74) is 6.05. The van der Waals surface area contributed by atoms with Crippen molar-refractivity contribution in [1.29, 1.82) is 0 Å². The van der Waals surface area contributed by atoms with E-state index in [-0.39, 0.29) is 4.90 Å².